The topological polar surface area (TPSA) is 9.23 Å². The second-order valence-corrected chi connectivity index (χ2v) is 12.2. The molecule has 0 spiro atoms. The first-order chi connectivity index (χ1) is 12.4. The van der Waals surface area contributed by atoms with E-state index in [1.165, 1.54) is 21.5 Å². The maximum atomic E-state index is 6.97. The van der Waals surface area contributed by atoms with Gasteiger partial charge in [0.15, 0.2) is 0 Å². The van der Waals surface area contributed by atoms with Crippen LogP contribution in [0.1, 0.15) is 31.9 Å². The van der Waals surface area contributed by atoms with Crippen LogP contribution in [0.5, 0.6) is 0 Å². The van der Waals surface area contributed by atoms with E-state index in [-0.39, 0.29) is 5.04 Å². The molecule has 0 radical (unpaired) electrons. The SMILES string of the molecule is Cc1ccccc1CO[Si](c1ccccc1)(c1ccccc1)C(C)(C)C. The minimum absolute atomic E-state index is 0.0123. The Hall–Kier alpha value is -2.16. The van der Waals surface area contributed by atoms with Crippen LogP contribution in [-0.2, 0) is 11.0 Å². The van der Waals surface area contributed by atoms with Gasteiger partial charge in [-0.2, -0.15) is 0 Å². The van der Waals surface area contributed by atoms with Gasteiger partial charge >= 0.3 is 0 Å². The lowest BCUT2D eigenvalue weighted by Crippen LogP contribution is -2.66. The Morgan fingerprint density at radius 3 is 1.62 bits per heavy atom. The zero-order valence-corrected chi connectivity index (χ0v) is 17.2. The highest BCUT2D eigenvalue weighted by molar-refractivity contribution is 6.99. The molecule has 0 atom stereocenters. The third kappa shape index (κ3) is 3.53. The minimum Gasteiger partial charge on any atom is -0.403 e. The molecule has 3 aromatic rings. The lowest BCUT2D eigenvalue weighted by molar-refractivity contribution is 0.285. The summed E-state index contributed by atoms with van der Waals surface area (Å²) in [7, 11) is -2.46. The first-order valence-electron chi connectivity index (χ1n) is 9.25. The van der Waals surface area contributed by atoms with E-state index in [0.717, 1.165) is 0 Å². The fraction of sp³-hybridized carbons (Fsp3) is 0.250. The molecule has 3 rings (SSSR count). The third-order valence-electron chi connectivity index (χ3n) is 5.12. The molecule has 0 N–H and O–H groups in total. The molecule has 26 heavy (non-hydrogen) atoms. The molecule has 134 valence electrons. The molecule has 0 aliphatic rings. The average molecular weight is 361 g/mol. The van der Waals surface area contributed by atoms with Crippen molar-refractivity contribution in [1.82, 2.24) is 0 Å². The largest absolute Gasteiger partial charge is 0.403 e. The Morgan fingerprint density at radius 1 is 0.692 bits per heavy atom. The summed E-state index contributed by atoms with van der Waals surface area (Å²) in [5, 5.41) is 2.66. The van der Waals surface area contributed by atoms with Gasteiger partial charge in [-0.15, -0.1) is 0 Å². The molecule has 0 heterocycles. The van der Waals surface area contributed by atoms with Crippen LogP contribution in [-0.4, -0.2) is 8.32 Å². The lowest BCUT2D eigenvalue weighted by atomic mass is 10.1. The van der Waals surface area contributed by atoms with Crippen molar-refractivity contribution in [3.63, 3.8) is 0 Å². The molecule has 3 aromatic carbocycles. The standard InChI is InChI=1S/C24H28OSi/c1-20-13-11-12-14-21(20)19-25-26(24(2,3)4,22-15-7-5-8-16-22)23-17-9-6-10-18-23/h5-18H,19H2,1-4H3. The van der Waals surface area contributed by atoms with Gasteiger partial charge in [-0.25, -0.2) is 0 Å². The third-order valence-corrected chi connectivity index (χ3v) is 10.1. The van der Waals surface area contributed by atoms with Crippen LogP contribution < -0.4 is 10.4 Å². The van der Waals surface area contributed by atoms with Gasteiger partial charge in [-0.05, 0) is 33.5 Å². The summed E-state index contributed by atoms with van der Waals surface area (Å²) >= 11 is 0. The normalized spacial score (nSPS) is 12.2. The predicted octanol–water partition coefficient (Wildman–Crippen LogP) is 5.07. The van der Waals surface area contributed by atoms with E-state index in [2.05, 4.69) is 113 Å². The number of hydrogen-bond donors (Lipinski definition) is 0. The van der Waals surface area contributed by atoms with Crippen LogP contribution in [0.15, 0.2) is 84.9 Å². The number of rotatable bonds is 5. The Bertz CT molecular complexity index is 795. The van der Waals surface area contributed by atoms with Crippen LogP contribution in [0.3, 0.4) is 0 Å². The van der Waals surface area contributed by atoms with E-state index in [4.69, 9.17) is 4.43 Å². The van der Waals surface area contributed by atoms with E-state index in [9.17, 15) is 0 Å². The molecule has 0 saturated heterocycles. The minimum atomic E-state index is -2.46. The van der Waals surface area contributed by atoms with Crippen molar-refractivity contribution in [2.75, 3.05) is 0 Å². The monoisotopic (exact) mass is 360 g/mol. The van der Waals surface area contributed by atoms with Gasteiger partial charge in [0.1, 0.15) is 0 Å². The van der Waals surface area contributed by atoms with Crippen molar-refractivity contribution in [2.24, 2.45) is 0 Å². The highest BCUT2D eigenvalue weighted by atomic mass is 28.4. The van der Waals surface area contributed by atoms with Crippen molar-refractivity contribution in [3.05, 3.63) is 96.1 Å². The van der Waals surface area contributed by atoms with E-state index in [1.807, 2.05) is 0 Å². The Balaban J connectivity index is 2.13. The molecule has 0 aromatic heterocycles. The maximum absolute atomic E-state index is 6.97. The van der Waals surface area contributed by atoms with Crippen LogP contribution in [0.25, 0.3) is 0 Å². The van der Waals surface area contributed by atoms with Crippen molar-refractivity contribution in [3.8, 4) is 0 Å². The van der Waals surface area contributed by atoms with Gasteiger partial charge in [0, 0.05) is 0 Å². The second kappa shape index (κ2) is 7.61. The summed E-state index contributed by atoms with van der Waals surface area (Å²) in [5.41, 5.74) is 2.55. The van der Waals surface area contributed by atoms with E-state index >= 15 is 0 Å². The second-order valence-electron chi connectivity index (χ2n) is 7.88. The zero-order chi connectivity index (χ0) is 18.6. The molecule has 2 heteroatoms. The summed E-state index contributed by atoms with van der Waals surface area (Å²) in [4.78, 5) is 0. The predicted molar refractivity (Wildman–Crippen MR) is 114 cm³/mol. The molecule has 0 bridgehead atoms. The zero-order valence-electron chi connectivity index (χ0n) is 16.2. The molecule has 0 aliphatic heterocycles. The summed E-state index contributed by atoms with van der Waals surface area (Å²) < 4.78 is 6.97. The fourth-order valence-electron chi connectivity index (χ4n) is 3.72. The Morgan fingerprint density at radius 2 is 1.15 bits per heavy atom. The Labute approximate surface area is 158 Å². The van der Waals surface area contributed by atoms with Crippen molar-refractivity contribution < 1.29 is 4.43 Å². The number of benzene rings is 3. The van der Waals surface area contributed by atoms with Crippen LogP contribution in [0.4, 0.5) is 0 Å². The van der Waals surface area contributed by atoms with E-state index < -0.39 is 8.32 Å². The highest BCUT2D eigenvalue weighted by Crippen LogP contribution is 2.37. The first-order valence-corrected chi connectivity index (χ1v) is 11.2. The van der Waals surface area contributed by atoms with Crippen LogP contribution in [0.2, 0.25) is 5.04 Å². The van der Waals surface area contributed by atoms with Gasteiger partial charge < -0.3 is 4.43 Å². The molecule has 0 saturated carbocycles. The molecular weight excluding hydrogens is 332 g/mol. The quantitative estimate of drug-likeness (QED) is 0.577. The molecule has 0 fully saturated rings. The van der Waals surface area contributed by atoms with E-state index in [0.29, 0.717) is 6.61 Å². The smallest absolute Gasteiger partial charge is 0.261 e. The Kier molecular flexibility index (Phi) is 5.45. The summed E-state index contributed by atoms with van der Waals surface area (Å²) in [6.45, 7) is 9.75. The maximum Gasteiger partial charge on any atom is 0.261 e. The lowest BCUT2D eigenvalue weighted by Gasteiger charge is -2.43. The van der Waals surface area contributed by atoms with Gasteiger partial charge in [0.25, 0.3) is 8.32 Å². The fourth-order valence-corrected chi connectivity index (χ4v) is 8.25. The van der Waals surface area contributed by atoms with Gasteiger partial charge in [-0.1, -0.05) is 106 Å². The summed E-state index contributed by atoms with van der Waals surface area (Å²) in [5.74, 6) is 0. The van der Waals surface area contributed by atoms with Gasteiger partial charge in [0.2, 0.25) is 0 Å². The summed E-state index contributed by atoms with van der Waals surface area (Å²) in [6.07, 6.45) is 0. The molecular formula is C24H28OSi. The molecule has 0 aliphatic carbocycles. The van der Waals surface area contributed by atoms with E-state index in [1.54, 1.807) is 0 Å². The average Bonchev–Trinajstić information content (AvgIpc) is 2.64. The first kappa shape index (κ1) is 18.6. The molecule has 1 nitrogen and oxygen atoms in total. The molecule has 0 unspecified atom stereocenters. The number of hydrogen-bond acceptors (Lipinski definition) is 1. The highest BCUT2D eigenvalue weighted by Gasteiger charge is 2.50. The van der Waals surface area contributed by atoms with Crippen molar-refractivity contribution in [1.29, 1.82) is 0 Å². The van der Waals surface area contributed by atoms with Gasteiger partial charge in [-0.3, -0.25) is 0 Å². The summed E-state index contributed by atoms with van der Waals surface area (Å²) in [6, 6.07) is 30.1. The van der Waals surface area contributed by atoms with Crippen molar-refractivity contribution in [2.45, 2.75) is 39.3 Å². The van der Waals surface area contributed by atoms with Crippen molar-refractivity contribution >= 4 is 18.7 Å². The molecule has 0 amide bonds. The van der Waals surface area contributed by atoms with Crippen LogP contribution in [0, 0.1) is 6.92 Å². The number of aryl methyl sites for hydroxylation is 1. The van der Waals surface area contributed by atoms with Gasteiger partial charge in [0.05, 0.1) is 6.61 Å². The van der Waals surface area contributed by atoms with Crippen LogP contribution >= 0.6 is 0 Å².